The third-order valence-electron chi connectivity index (χ3n) is 5.95. The topological polar surface area (TPSA) is 67.2 Å². The van der Waals surface area contributed by atoms with Gasteiger partial charge in [0.15, 0.2) is 0 Å². The maximum absolute atomic E-state index is 12.9. The Morgan fingerprint density at radius 2 is 1.64 bits per heavy atom. The Morgan fingerprint density at radius 1 is 0.944 bits per heavy atom. The van der Waals surface area contributed by atoms with Gasteiger partial charge in [0.05, 0.1) is 12.2 Å². The second-order valence-corrected chi connectivity index (χ2v) is 8.79. The summed E-state index contributed by atoms with van der Waals surface area (Å²) >= 11 is 0. The van der Waals surface area contributed by atoms with Crippen LogP contribution in [0.15, 0.2) is 91.1 Å². The van der Waals surface area contributed by atoms with E-state index in [0.717, 1.165) is 27.9 Å². The summed E-state index contributed by atoms with van der Waals surface area (Å²) in [5.41, 5.74) is 6.59. The SMILES string of the molecule is CNC(=O)c1ccc(CN(C)C(=O)/C=C/c2cn(Cc3ccccc3)nc2-c2ccc(C)cc2)cc1. The fourth-order valence-corrected chi connectivity index (χ4v) is 3.89. The Kier molecular flexibility index (Phi) is 7.75. The number of hydrogen-bond acceptors (Lipinski definition) is 3. The van der Waals surface area contributed by atoms with Gasteiger partial charge in [0.25, 0.3) is 5.91 Å². The molecule has 0 saturated heterocycles. The van der Waals surface area contributed by atoms with Crippen LogP contribution in [0.5, 0.6) is 0 Å². The van der Waals surface area contributed by atoms with E-state index in [2.05, 4.69) is 48.6 Å². The van der Waals surface area contributed by atoms with Crippen molar-refractivity contribution in [1.82, 2.24) is 20.0 Å². The number of nitrogens with zero attached hydrogens (tertiary/aromatic N) is 3. The van der Waals surface area contributed by atoms with Gasteiger partial charge in [0.1, 0.15) is 0 Å². The van der Waals surface area contributed by atoms with Gasteiger partial charge in [-0.2, -0.15) is 5.10 Å². The Bertz CT molecular complexity index is 1350. The van der Waals surface area contributed by atoms with Crippen LogP contribution in [-0.2, 0) is 17.9 Å². The second-order valence-electron chi connectivity index (χ2n) is 8.79. The zero-order valence-electron chi connectivity index (χ0n) is 20.8. The summed E-state index contributed by atoms with van der Waals surface area (Å²) in [6, 6.07) is 25.7. The molecule has 2 amide bonds. The number of hydrogen-bond donors (Lipinski definition) is 1. The third kappa shape index (κ3) is 6.16. The zero-order chi connectivity index (χ0) is 25.5. The van der Waals surface area contributed by atoms with Crippen molar-refractivity contribution in [3.8, 4) is 11.3 Å². The summed E-state index contributed by atoms with van der Waals surface area (Å²) in [4.78, 5) is 26.3. The number of aromatic nitrogens is 2. The number of carbonyl (C=O) groups is 2. The summed E-state index contributed by atoms with van der Waals surface area (Å²) in [5.74, 6) is -0.248. The highest BCUT2D eigenvalue weighted by molar-refractivity contribution is 5.94. The predicted molar refractivity (Wildman–Crippen MR) is 143 cm³/mol. The van der Waals surface area contributed by atoms with E-state index in [-0.39, 0.29) is 11.8 Å². The van der Waals surface area contributed by atoms with Gasteiger partial charge in [-0.25, -0.2) is 0 Å². The summed E-state index contributed by atoms with van der Waals surface area (Å²) < 4.78 is 1.91. The molecule has 182 valence electrons. The zero-order valence-corrected chi connectivity index (χ0v) is 20.8. The molecule has 1 heterocycles. The van der Waals surface area contributed by atoms with Gasteiger partial charge < -0.3 is 10.2 Å². The van der Waals surface area contributed by atoms with Crippen LogP contribution in [0.1, 0.15) is 32.6 Å². The van der Waals surface area contributed by atoms with Crippen molar-refractivity contribution in [3.05, 3.63) is 119 Å². The quantitative estimate of drug-likeness (QED) is 0.365. The molecule has 0 aliphatic rings. The maximum atomic E-state index is 12.9. The molecule has 0 unspecified atom stereocenters. The Hall–Kier alpha value is -4.45. The van der Waals surface area contributed by atoms with E-state index in [9.17, 15) is 9.59 Å². The molecule has 3 aromatic carbocycles. The van der Waals surface area contributed by atoms with Crippen LogP contribution >= 0.6 is 0 Å². The number of rotatable bonds is 8. The average molecular weight is 479 g/mol. The minimum Gasteiger partial charge on any atom is -0.355 e. The third-order valence-corrected chi connectivity index (χ3v) is 5.95. The van der Waals surface area contributed by atoms with Crippen molar-refractivity contribution in [2.75, 3.05) is 14.1 Å². The molecule has 6 nitrogen and oxygen atoms in total. The van der Waals surface area contributed by atoms with Crippen molar-refractivity contribution in [2.45, 2.75) is 20.0 Å². The van der Waals surface area contributed by atoms with E-state index in [1.165, 1.54) is 5.56 Å². The smallest absolute Gasteiger partial charge is 0.251 e. The monoisotopic (exact) mass is 478 g/mol. The highest BCUT2D eigenvalue weighted by atomic mass is 16.2. The molecule has 0 atom stereocenters. The van der Waals surface area contributed by atoms with E-state index in [1.807, 2.05) is 47.3 Å². The van der Waals surface area contributed by atoms with Crippen LogP contribution in [0, 0.1) is 6.92 Å². The highest BCUT2D eigenvalue weighted by Gasteiger charge is 2.12. The summed E-state index contributed by atoms with van der Waals surface area (Å²) in [5, 5.41) is 7.44. The van der Waals surface area contributed by atoms with Gasteiger partial charge in [-0.3, -0.25) is 14.3 Å². The largest absolute Gasteiger partial charge is 0.355 e. The molecule has 4 aromatic rings. The number of likely N-dealkylation sites (N-methyl/N-ethyl adjacent to an activating group) is 1. The number of nitrogens with one attached hydrogen (secondary N) is 1. The number of benzene rings is 3. The van der Waals surface area contributed by atoms with Crippen LogP contribution < -0.4 is 5.32 Å². The fourth-order valence-electron chi connectivity index (χ4n) is 3.89. The molecule has 1 N–H and O–H groups in total. The molecule has 0 radical (unpaired) electrons. The Balaban J connectivity index is 1.52. The summed E-state index contributed by atoms with van der Waals surface area (Å²) in [7, 11) is 3.36. The first-order chi connectivity index (χ1) is 17.4. The molecule has 4 rings (SSSR count). The first kappa shape index (κ1) is 24.7. The molecule has 0 aliphatic heterocycles. The first-order valence-electron chi connectivity index (χ1n) is 11.9. The lowest BCUT2D eigenvalue weighted by Crippen LogP contribution is -2.24. The van der Waals surface area contributed by atoms with Crippen LogP contribution in [0.4, 0.5) is 0 Å². The second kappa shape index (κ2) is 11.3. The van der Waals surface area contributed by atoms with Crippen molar-refractivity contribution in [1.29, 1.82) is 0 Å². The lowest BCUT2D eigenvalue weighted by molar-refractivity contribution is -0.125. The Labute approximate surface area is 211 Å². The van der Waals surface area contributed by atoms with Crippen LogP contribution in [0.25, 0.3) is 17.3 Å². The summed E-state index contributed by atoms with van der Waals surface area (Å²) in [6.07, 6.45) is 5.39. The normalized spacial score (nSPS) is 11.0. The van der Waals surface area contributed by atoms with Crippen molar-refractivity contribution >= 4 is 17.9 Å². The van der Waals surface area contributed by atoms with Gasteiger partial charge in [-0.1, -0.05) is 72.3 Å². The van der Waals surface area contributed by atoms with E-state index in [0.29, 0.717) is 18.7 Å². The molecule has 0 aliphatic carbocycles. The predicted octanol–water partition coefficient (Wildman–Crippen LogP) is 4.94. The summed E-state index contributed by atoms with van der Waals surface area (Å²) in [6.45, 7) is 3.14. The molecular formula is C30H30N4O2. The van der Waals surface area contributed by atoms with Crippen molar-refractivity contribution < 1.29 is 9.59 Å². The van der Waals surface area contributed by atoms with E-state index in [4.69, 9.17) is 5.10 Å². The first-order valence-corrected chi connectivity index (χ1v) is 11.9. The van der Waals surface area contributed by atoms with Crippen molar-refractivity contribution in [3.63, 3.8) is 0 Å². The molecule has 0 saturated carbocycles. The average Bonchev–Trinajstić information content (AvgIpc) is 3.30. The molecule has 6 heteroatoms. The number of aryl methyl sites for hydroxylation is 1. The lowest BCUT2D eigenvalue weighted by Gasteiger charge is -2.15. The van der Waals surface area contributed by atoms with E-state index in [1.54, 1.807) is 37.2 Å². The fraction of sp³-hybridized carbons (Fsp3) is 0.167. The standard InChI is InChI=1S/C30H30N4O2/c1-22-9-13-25(14-10-22)29-27(21-34(32-29)20-23-7-5-4-6-8-23)17-18-28(35)33(3)19-24-11-15-26(16-12-24)30(36)31-2/h4-18,21H,19-20H2,1-3H3,(H,31,36)/b18-17+. The molecule has 36 heavy (non-hydrogen) atoms. The molecule has 0 spiro atoms. The van der Waals surface area contributed by atoms with Gasteiger partial charge in [0.2, 0.25) is 5.91 Å². The minimum absolute atomic E-state index is 0.115. The lowest BCUT2D eigenvalue weighted by atomic mass is 10.1. The van der Waals surface area contributed by atoms with Crippen LogP contribution in [0.3, 0.4) is 0 Å². The Morgan fingerprint density at radius 3 is 2.31 bits per heavy atom. The molecular weight excluding hydrogens is 448 g/mol. The van der Waals surface area contributed by atoms with Gasteiger partial charge in [0, 0.05) is 49.6 Å². The highest BCUT2D eigenvalue weighted by Crippen LogP contribution is 2.24. The number of amides is 2. The molecule has 1 aromatic heterocycles. The van der Waals surface area contributed by atoms with Crippen LogP contribution in [0.2, 0.25) is 0 Å². The molecule has 0 bridgehead atoms. The maximum Gasteiger partial charge on any atom is 0.251 e. The minimum atomic E-state index is -0.133. The van der Waals surface area contributed by atoms with E-state index < -0.39 is 0 Å². The van der Waals surface area contributed by atoms with Gasteiger partial charge >= 0.3 is 0 Å². The number of carbonyl (C=O) groups excluding carboxylic acids is 2. The van der Waals surface area contributed by atoms with Crippen LogP contribution in [-0.4, -0.2) is 40.6 Å². The molecule has 0 fully saturated rings. The van der Waals surface area contributed by atoms with E-state index >= 15 is 0 Å². The van der Waals surface area contributed by atoms with Gasteiger partial charge in [-0.05, 0) is 36.3 Å². The van der Waals surface area contributed by atoms with Gasteiger partial charge in [-0.15, -0.1) is 0 Å². The van der Waals surface area contributed by atoms with Crippen molar-refractivity contribution in [2.24, 2.45) is 0 Å².